The normalized spacial score (nSPS) is 16.2. The maximum Gasteiger partial charge on any atom is 0.408 e. The van der Waals surface area contributed by atoms with E-state index in [1.165, 1.54) is 12.8 Å². The molecule has 0 spiro atoms. The van der Waals surface area contributed by atoms with E-state index < -0.39 is 17.7 Å². The first-order valence-corrected chi connectivity index (χ1v) is 8.97. The standard InChI is InChI=1S/C15H28N2O3S/c1-15(2,3)20-14(19)17-12(8-10-21-4)13(18)16-9-7-11-5-6-11/h11-12H,5-10H2,1-4H3,(H,16,18)(H,17,19). The minimum Gasteiger partial charge on any atom is -0.444 e. The zero-order chi connectivity index (χ0) is 15.9. The molecule has 1 fully saturated rings. The summed E-state index contributed by atoms with van der Waals surface area (Å²) in [6.45, 7) is 6.10. The molecule has 1 aliphatic rings. The number of hydrogen-bond acceptors (Lipinski definition) is 4. The van der Waals surface area contributed by atoms with Gasteiger partial charge in [0.2, 0.25) is 5.91 Å². The van der Waals surface area contributed by atoms with Gasteiger partial charge in [0, 0.05) is 6.54 Å². The van der Waals surface area contributed by atoms with Gasteiger partial charge in [-0.05, 0) is 51.5 Å². The van der Waals surface area contributed by atoms with E-state index in [-0.39, 0.29) is 5.91 Å². The first-order chi connectivity index (χ1) is 9.81. The zero-order valence-corrected chi connectivity index (χ0v) is 14.3. The van der Waals surface area contributed by atoms with Crippen molar-refractivity contribution < 1.29 is 14.3 Å². The Morgan fingerprint density at radius 3 is 2.52 bits per heavy atom. The first kappa shape index (κ1) is 18.1. The van der Waals surface area contributed by atoms with Gasteiger partial charge in [-0.3, -0.25) is 4.79 Å². The van der Waals surface area contributed by atoms with E-state index in [9.17, 15) is 9.59 Å². The maximum absolute atomic E-state index is 12.2. The Balaban J connectivity index is 2.40. The van der Waals surface area contributed by atoms with E-state index >= 15 is 0 Å². The average molecular weight is 316 g/mol. The number of nitrogens with one attached hydrogen (secondary N) is 2. The zero-order valence-electron chi connectivity index (χ0n) is 13.5. The molecule has 0 bridgehead atoms. The first-order valence-electron chi connectivity index (χ1n) is 7.58. The van der Waals surface area contributed by atoms with Crippen molar-refractivity contribution in [3.05, 3.63) is 0 Å². The van der Waals surface area contributed by atoms with E-state index in [4.69, 9.17) is 4.74 Å². The lowest BCUT2D eigenvalue weighted by atomic mass is 10.2. The molecule has 0 aromatic rings. The molecule has 0 aliphatic heterocycles. The molecule has 0 radical (unpaired) electrons. The van der Waals surface area contributed by atoms with Crippen molar-refractivity contribution in [1.29, 1.82) is 0 Å². The molecule has 0 saturated heterocycles. The monoisotopic (exact) mass is 316 g/mol. The van der Waals surface area contributed by atoms with Crippen LogP contribution in [0.4, 0.5) is 4.79 Å². The van der Waals surface area contributed by atoms with E-state index in [2.05, 4.69) is 10.6 Å². The van der Waals surface area contributed by atoms with Crippen LogP contribution in [0.3, 0.4) is 0 Å². The fraction of sp³-hybridized carbons (Fsp3) is 0.867. The van der Waals surface area contributed by atoms with Crippen LogP contribution >= 0.6 is 11.8 Å². The summed E-state index contributed by atoms with van der Waals surface area (Å²) in [5.74, 6) is 1.49. The molecular weight excluding hydrogens is 288 g/mol. The molecule has 0 heterocycles. The van der Waals surface area contributed by atoms with Crippen LogP contribution in [-0.2, 0) is 9.53 Å². The summed E-state index contributed by atoms with van der Waals surface area (Å²) in [5.41, 5.74) is -0.559. The van der Waals surface area contributed by atoms with Crippen molar-refractivity contribution in [2.24, 2.45) is 5.92 Å². The molecule has 1 unspecified atom stereocenters. The van der Waals surface area contributed by atoms with Crippen molar-refractivity contribution in [3.63, 3.8) is 0 Å². The summed E-state index contributed by atoms with van der Waals surface area (Å²) in [6, 6.07) is -0.522. The average Bonchev–Trinajstić information content (AvgIpc) is 3.16. The molecule has 6 heteroatoms. The Labute approximate surface area is 132 Å². The molecule has 1 atom stereocenters. The predicted octanol–water partition coefficient (Wildman–Crippen LogP) is 2.55. The van der Waals surface area contributed by atoms with Gasteiger partial charge in [-0.15, -0.1) is 0 Å². The Morgan fingerprint density at radius 1 is 1.33 bits per heavy atom. The highest BCUT2D eigenvalue weighted by Gasteiger charge is 2.25. The number of alkyl carbamates (subject to hydrolysis) is 1. The number of amides is 2. The van der Waals surface area contributed by atoms with Crippen LogP contribution in [0.5, 0.6) is 0 Å². The van der Waals surface area contributed by atoms with Crippen LogP contribution < -0.4 is 10.6 Å². The number of carbonyl (C=O) groups is 2. The quantitative estimate of drug-likeness (QED) is 0.722. The molecule has 1 rings (SSSR count). The van der Waals surface area contributed by atoms with Crippen molar-refractivity contribution in [3.8, 4) is 0 Å². The lowest BCUT2D eigenvalue weighted by molar-refractivity contribution is -0.123. The van der Waals surface area contributed by atoms with E-state index in [1.807, 2.05) is 6.26 Å². The topological polar surface area (TPSA) is 67.4 Å². The Hall–Kier alpha value is -0.910. The summed E-state index contributed by atoms with van der Waals surface area (Å²) in [4.78, 5) is 24.0. The molecule has 5 nitrogen and oxygen atoms in total. The third kappa shape index (κ3) is 8.86. The number of rotatable bonds is 8. The lowest BCUT2D eigenvalue weighted by Crippen LogP contribution is -2.48. The molecule has 2 amide bonds. The van der Waals surface area contributed by atoms with Gasteiger partial charge in [0.15, 0.2) is 0 Å². The highest BCUT2D eigenvalue weighted by Crippen LogP contribution is 2.31. The number of hydrogen-bond donors (Lipinski definition) is 2. The van der Waals surface area contributed by atoms with Gasteiger partial charge in [0.05, 0.1) is 0 Å². The van der Waals surface area contributed by atoms with Crippen LogP contribution in [-0.4, -0.2) is 42.2 Å². The summed E-state index contributed by atoms with van der Waals surface area (Å²) in [7, 11) is 0. The second-order valence-corrected chi connectivity index (χ2v) is 7.49. The van der Waals surface area contributed by atoms with Crippen molar-refractivity contribution in [1.82, 2.24) is 10.6 Å². The molecule has 0 aromatic heterocycles. The molecule has 2 N–H and O–H groups in total. The minimum absolute atomic E-state index is 0.115. The van der Waals surface area contributed by atoms with Gasteiger partial charge in [-0.1, -0.05) is 12.8 Å². The van der Waals surface area contributed by atoms with E-state index in [1.54, 1.807) is 32.5 Å². The summed E-state index contributed by atoms with van der Waals surface area (Å²) < 4.78 is 5.21. The molecule has 21 heavy (non-hydrogen) atoms. The SMILES string of the molecule is CSCCC(NC(=O)OC(C)(C)C)C(=O)NCCC1CC1. The molecule has 0 aromatic carbocycles. The number of ether oxygens (including phenoxy) is 1. The fourth-order valence-electron chi connectivity index (χ4n) is 1.88. The van der Waals surface area contributed by atoms with Gasteiger partial charge in [-0.2, -0.15) is 11.8 Å². The van der Waals surface area contributed by atoms with Crippen LogP contribution in [0, 0.1) is 5.92 Å². The number of thioether (sulfide) groups is 1. The van der Waals surface area contributed by atoms with Gasteiger partial charge >= 0.3 is 6.09 Å². The second-order valence-electron chi connectivity index (χ2n) is 6.50. The van der Waals surface area contributed by atoms with Crippen molar-refractivity contribution in [2.75, 3.05) is 18.6 Å². The van der Waals surface area contributed by atoms with Gasteiger partial charge in [0.25, 0.3) is 0 Å². The summed E-state index contributed by atoms with van der Waals surface area (Å²) in [5, 5.41) is 5.59. The minimum atomic E-state index is -0.559. The van der Waals surface area contributed by atoms with Crippen molar-refractivity contribution >= 4 is 23.8 Å². The largest absolute Gasteiger partial charge is 0.444 e. The van der Waals surface area contributed by atoms with Gasteiger partial charge in [-0.25, -0.2) is 4.79 Å². The maximum atomic E-state index is 12.2. The summed E-state index contributed by atoms with van der Waals surface area (Å²) >= 11 is 1.65. The Morgan fingerprint density at radius 2 is 2.00 bits per heavy atom. The second kappa shape index (κ2) is 8.51. The van der Waals surface area contributed by atoms with Gasteiger partial charge < -0.3 is 15.4 Å². The smallest absolute Gasteiger partial charge is 0.408 e. The highest BCUT2D eigenvalue weighted by atomic mass is 32.2. The van der Waals surface area contributed by atoms with Crippen LogP contribution in [0.15, 0.2) is 0 Å². The molecule has 122 valence electrons. The highest BCUT2D eigenvalue weighted by molar-refractivity contribution is 7.98. The van der Waals surface area contributed by atoms with Crippen LogP contribution in [0.25, 0.3) is 0 Å². The summed E-state index contributed by atoms with van der Waals surface area (Å²) in [6.07, 6.45) is 5.65. The molecule has 1 saturated carbocycles. The van der Waals surface area contributed by atoms with Crippen LogP contribution in [0.2, 0.25) is 0 Å². The van der Waals surface area contributed by atoms with E-state index in [0.717, 1.165) is 18.1 Å². The molecule has 1 aliphatic carbocycles. The van der Waals surface area contributed by atoms with E-state index in [0.29, 0.717) is 13.0 Å². The number of carbonyl (C=O) groups excluding carboxylic acids is 2. The fourth-order valence-corrected chi connectivity index (χ4v) is 2.35. The third-order valence-electron chi connectivity index (χ3n) is 3.17. The Kier molecular flexibility index (Phi) is 7.35. The predicted molar refractivity (Wildman–Crippen MR) is 86.5 cm³/mol. The van der Waals surface area contributed by atoms with Crippen LogP contribution in [0.1, 0.15) is 46.5 Å². The Bertz CT molecular complexity index is 351. The molecular formula is C15H28N2O3S. The van der Waals surface area contributed by atoms with Gasteiger partial charge in [0.1, 0.15) is 11.6 Å². The van der Waals surface area contributed by atoms with Crippen molar-refractivity contribution in [2.45, 2.75) is 58.1 Å². The third-order valence-corrected chi connectivity index (χ3v) is 3.81. The lowest BCUT2D eigenvalue weighted by Gasteiger charge is -2.23.